The Labute approximate surface area is 202 Å². The topological polar surface area (TPSA) is 68.0 Å². The van der Waals surface area contributed by atoms with E-state index >= 15 is 0 Å². The molecule has 178 valence electrons. The highest BCUT2D eigenvalue weighted by Crippen LogP contribution is 2.39. The molecule has 0 amide bonds. The largest absolute Gasteiger partial charge is 0.392 e. The van der Waals surface area contributed by atoms with E-state index in [1.807, 2.05) is 48.5 Å². The van der Waals surface area contributed by atoms with Gasteiger partial charge in [-0.25, -0.2) is 0 Å². The molecule has 1 heterocycles. The summed E-state index contributed by atoms with van der Waals surface area (Å²) in [7, 11) is 2.08. The molecule has 1 aliphatic heterocycles. The van der Waals surface area contributed by atoms with Crippen LogP contribution in [-0.2, 0) is 22.6 Å². The number of nitrogens with two attached hydrogens (primary N) is 1. The lowest BCUT2D eigenvalue weighted by Crippen LogP contribution is -2.37. The third-order valence-electron chi connectivity index (χ3n) is 6.23. The predicted octanol–water partition coefficient (Wildman–Crippen LogP) is 4.97. The number of hydrogen-bond acceptors (Lipinski definition) is 5. The number of rotatable bonds is 9. The fourth-order valence-electron chi connectivity index (χ4n) is 4.42. The Morgan fingerprint density at radius 3 is 2.41 bits per heavy atom. The Morgan fingerprint density at radius 1 is 0.971 bits per heavy atom. The van der Waals surface area contributed by atoms with Crippen molar-refractivity contribution in [2.24, 2.45) is 5.73 Å². The van der Waals surface area contributed by atoms with Crippen LogP contribution in [0.4, 0.5) is 0 Å². The third kappa shape index (κ3) is 6.00. The number of hydrogen-bond donors (Lipinski definition) is 2. The second-order valence-corrected chi connectivity index (χ2v) is 8.89. The molecule has 3 aromatic rings. The Morgan fingerprint density at radius 2 is 1.71 bits per heavy atom. The molecular weight excluding hydrogens is 424 g/mol. The van der Waals surface area contributed by atoms with E-state index in [2.05, 4.69) is 48.9 Å². The van der Waals surface area contributed by atoms with Crippen molar-refractivity contribution in [3.63, 3.8) is 0 Å². The zero-order chi connectivity index (χ0) is 23.9. The first-order valence-corrected chi connectivity index (χ1v) is 11.8. The van der Waals surface area contributed by atoms with Gasteiger partial charge in [0.05, 0.1) is 18.8 Å². The van der Waals surface area contributed by atoms with Gasteiger partial charge in [-0.05, 0) is 47.0 Å². The normalized spacial score (nSPS) is 20.4. The lowest BCUT2D eigenvalue weighted by atomic mass is 9.98. The summed E-state index contributed by atoms with van der Waals surface area (Å²) < 4.78 is 13.0. The van der Waals surface area contributed by atoms with Crippen LogP contribution in [0.15, 0.2) is 85.5 Å². The second kappa shape index (κ2) is 11.6. The van der Waals surface area contributed by atoms with Crippen molar-refractivity contribution < 1.29 is 14.6 Å². The molecule has 3 aromatic carbocycles. The molecule has 1 fully saturated rings. The van der Waals surface area contributed by atoms with Gasteiger partial charge in [0, 0.05) is 31.6 Å². The molecule has 0 radical (unpaired) electrons. The fourth-order valence-corrected chi connectivity index (χ4v) is 4.42. The van der Waals surface area contributed by atoms with E-state index in [0.717, 1.165) is 52.9 Å². The van der Waals surface area contributed by atoms with Crippen molar-refractivity contribution in [3.05, 3.63) is 108 Å². The average Bonchev–Trinajstić information content (AvgIpc) is 2.89. The second-order valence-electron chi connectivity index (χ2n) is 8.89. The van der Waals surface area contributed by atoms with Crippen molar-refractivity contribution in [2.75, 3.05) is 20.1 Å². The molecule has 0 unspecified atom stereocenters. The van der Waals surface area contributed by atoms with Crippen LogP contribution in [0.3, 0.4) is 0 Å². The molecule has 0 bridgehead atoms. The van der Waals surface area contributed by atoms with Crippen molar-refractivity contribution in [1.82, 2.24) is 4.90 Å². The standard InChI is InChI=1S/C29H34N2O3/c1-3-14-31(2)19-27-17-28(23-12-10-21(20-32)11-13-23)34-29(33-27)26-9-5-8-25(16-26)24-7-4-6-22(15-24)18-30/h3-13,15-16,27-29,32H,1,14,17-20,30H2,2H3/t27-,28+,29+/m0/s1. The average molecular weight is 459 g/mol. The van der Waals surface area contributed by atoms with Crippen molar-refractivity contribution in [3.8, 4) is 11.1 Å². The van der Waals surface area contributed by atoms with Gasteiger partial charge >= 0.3 is 0 Å². The van der Waals surface area contributed by atoms with Gasteiger partial charge in [-0.1, -0.05) is 66.7 Å². The smallest absolute Gasteiger partial charge is 0.184 e. The first-order chi connectivity index (χ1) is 16.6. The molecule has 4 rings (SSSR count). The fraction of sp³-hybridized carbons (Fsp3) is 0.310. The molecule has 3 N–H and O–H groups in total. The zero-order valence-electron chi connectivity index (χ0n) is 19.8. The molecule has 0 saturated carbocycles. The van der Waals surface area contributed by atoms with E-state index in [9.17, 15) is 5.11 Å². The Bertz CT molecular complexity index is 1080. The molecule has 0 aliphatic carbocycles. The summed E-state index contributed by atoms with van der Waals surface area (Å²) in [6.45, 7) is 5.98. The maximum atomic E-state index is 9.40. The Hall–Kier alpha value is -2.80. The van der Waals surface area contributed by atoms with Gasteiger partial charge in [-0.3, -0.25) is 0 Å². The molecular formula is C29H34N2O3. The lowest BCUT2D eigenvalue weighted by Gasteiger charge is -2.37. The summed E-state index contributed by atoms with van der Waals surface area (Å²) in [6.07, 6.45) is 2.10. The van der Waals surface area contributed by atoms with Gasteiger partial charge in [0.25, 0.3) is 0 Å². The van der Waals surface area contributed by atoms with Crippen LogP contribution >= 0.6 is 0 Å². The Kier molecular flexibility index (Phi) is 8.27. The van der Waals surface area contributed by atoms with E-state index in [1.165, 1.54) is 0 Å². The molecule has 0 aromatic heterocycles. The van der Waals surface area contributed by atoms with E-state index in [-0.39, 0.29) is 18.8 Å². The molecule has 3 atom stereocenters. The quantitative estimate of drug-likeness (QED) is 0.443. The highest BCUT2D eigenvalue weighted by atomic mass is 16.7. The van der Waals surface area contributed by atoms with Crippen LogP contribution in [0.5, 0.6) is 0 Å². The minimum absolute atomic E-state index is 0.00967. The summed E-state index contributed by atoms with van der Waals surface area (Å²) in [5.74, 6) is 0. The molecule has 5 nitrogen and oxygen atoms in total. The number of aliphatic hydroxyl groups is 1. The summed E-state index contributed by atoms with van der Waals surface area (Å²) in [5.41, 5.74) is 12.1. The van der Waals surface area contributed by atoms with Crippen LogP contribution in [-0.4, -0.2) is 36.2 Å². The van der Waals surface area contributed by atoms with Crippen LogP contribution in [0.25, 0.3) is 11.1 Å². The Balaban J connectivity index is 1.61. The van der Waals surface area contributed by atoms with Crippen LogP contribution in [0.2, 0.25) is 0 Å². The van der Waals surface area contributed by atoms with Crippen molar-refractivity contribution in [1.29, 1.82) is 0 Å². The zero-order valence-corrected chi connectivity index (χ0v) is 19.8. The molecule has 5 heteroatoms. The maximum Gasteiger partial charge on any atom is 0.184 e. The lowest BCUT2D eigenvalue weighted by molar-refractivity contribution is -0.252. The molecule has 34 heavy (non-hydrogen) atoms. The van der Waals surface area contributed by atoms with Gasteiger partial charge in [-0.15, -0.1) is 6.58 Å². The predicted molar refractivity (Wildman–Crippen MR) is 136 cm³/mol. The highest BCUT2D eigenvalue weighted by molar-refractivity contribution is 5.65. The first-order valence-electron chi connectivity index (χ1n) is 11.8. The van der Waals surface area contributed by atoms with E-state index in [0.29, 0.717) is 6.54 Å². The van der Waals surface area contributed by atoms with Gasteiger partial charge in [0.15, 0.2) is 6.29 Å². The SMILES string of the molecule is C=CCN(C)C[C@@H]1C[C@H](c2ccc(CO)cc2)O[C@H](c2cccc(-c3cccc(CN)c3)c2)O1. The summed E-state index contributed by atoms with van der Waals surface area (Å²) in [6, 6.07) is 24.6. The maximum absolute atomic E-state index is 9.40. The van der Waals surface area contributed by atoms with Gasteiger partial charge < -0.3 is 25.2 Å². The minimum atomic E-state index is -0.476. The number of nitrogens with zero attached hydrogens (tertiary/aromatic N) is 1. The van der Waals surface area contributed by atoms with Crippen molar-refractivity contribution in [2.45, 2.75) is 38.1 Å². The minimum Gasteiger partial charge on any atom is -0.392 e. The molecule has 1 saturated heterocycles. The number of ether oxygens (including phenoxy) is 2. The molecule has 0 spiro atoms. The summed E-state index contributed by atoms with van der Waals surface area (Å²) >= 11 is 0. The van der Waals surface area contributed by atoms with E-state index in [1.54, 1.807) is 0 Å². The summed E-state index contributed by atoms with van der Waals surface area (Å²) in [4.78, 5) is 2.21. The van der Waals surface area contributed by atoms with E-state index in [4.69, 9.17) is 15.2 Å². The van der Waals surface area contributed by atoms with Crippen molar-refractivity contribution >= 4 is 0 Å². The van der Waals surface area contributed by atoms with Crippen LogP contribution in [0, 0.1) is 0 Å². The van der Waals surface area contributed by atoms with Gasteiger partial charge in [0.2, 0.25) is 0 Å². The number of aliphatic hydroxyl groups excluding tert-OH is 1. The summed E-state index contributed by atoms with van der Waals surface area (Å²) in [5, 5.41) is 9.40. The number of likely N-dealkylation sites (N-methyl/N-ethyl adjacent to an activating group) is 1. The monoisotopic (exact) mass is 458 g/mol. The molecule has 1 aliphatic rings. The van der Waals surface area contributed by atoms with Gasteiger partial charge in [0.1, 0.15) is 0 Å². The number of benzene rings is 3. The van der Waals surface area contributed by atoms with E-state index < -0.39 is 6.29 Å². The van der Waals surface area contributed by atoms with Crippen LogP contribution in [0.1, 0.15) is 41.1 Å². The highest BCUT2D eigenvalue weighted by Gasteiger charge is 2.32. The first kappa shape index (κ1) is 24.3. The van der Waals surface area contributed by atoms with Gasteiger partial charge in [-0.2, -0.15) is 0 Å². The third-order valence-corrected chi connectivity index (χ3v) is 6.23. The van der Waals surface area contributed by atoms with Crippen LogP contribution < -0.4 is 5.73 Å².